The van der Waals surface area contributed by atoms with E-state index in [1.165, 1.54) is 283 Å². The lowest BCUT2D eigenvalue weighted by Crippen LogP contribution is -2.60. The lowest BCUT2D eigenvalue weighted by atomic mass is 9.99. The van der Waals surface area contributed by atoms with E-state index in [0.29, 0.717) is 6.42 Å². The highest BCUT2D eigenvalue weighted by Crippen LogP contribution is 2.24. The Hall–Kier alpha value is -2.63. The van der Waals surface area contributed by atoms with E-state index >= 15 is 0 Å². The Morgan fingerprint density at radius 3 is 1.00 bits per heavy atom. The van der Waals surface area contributed by atoms with Crippen LogP contribution in [0.4, 0.5) is 0 Å². The summed E-state index contributed by atoms with van der Waals surface area (Å²) in [6.07, 6.45) is 95.8. The van der Waals surface area contributed by atoms with Gasteiger partial charge in [-0.05, 0) is 70.6 Å². The van der Waals surface area contributed by atoms with Crippen LogP contribution >= 0.6 is 0 Å². The van der Waals surface area contributed by atoms with Crippen LogP contribution in [0.1, 0.15) is 380 Å². The van der Waals surface area contributed by atoms with E-state index in [0.717, 1.165) is 77.0 Å². The number of nitrogens with one attached hydrogen (secondary N) is 1. The summed E-state index contributed by atoms with van der Waals surface area (Å²) in [7, 11) is 0. The summed E-state index contributed by atoms with van der Waals surface area (Å²) in [6.45, 7) is 3.72. The van der Waals surface area contributed by atoms with Crippen molar-refractivity contribution >= 4 is 5.91 Å². The number of ether oxygens (including phenoxy) is 2. The van der Waals surface area contributed by atoms with Gasteiger partial charge in [0.05, 0.1) is 25.4 Å². The minimum Gasteiger partial charge on any atom is -0.394 e. The molecule has 1 rings (SSSR count). The average molecular weight is 1290 g/mol. The van der Waals surface area contributed by atoms with Crippen molar-refractivity contribution in [3.05, 3.63) is 85.1 Å². The maximum atomic E-state index is 13.2. The second-order valence-corrected chi connectivity index (χ2v) is 27.5. The van der Waals surface area contributed by atoms with Crippen molar-refractivity contribution in [2.45, 2.75) is 423 Å². The van der Waals surface area contributed by atoms with Crippen LogP contribution in [0.15, 0.2) is 85.1 Å². The molecule has 9 heteroatoms. The Morgan fingerprint density at radius 1 is 0.380 bits per heavy atom. The molecule has 1 amide bonds. The van der Waals surface area contributed by atoms with E-state index in [1.54, 1.807) is 6.08 Å². The number of hydrogen-bond acceptors (Lipinski definition) is 8. The van der Waals surface area contributed by atoms with E-state index in [1.807, 2.05) is 6.08 Å². The second kappa shape index (κ2) is 71.2. The zero-order valence-electron chi connectivity index (χ0n) is 60.3. The third kappa shape index (κ3) is 58.7. The number of carbonyl (C=O) groups is 1. The van der Waals surface area contributed by atoms with Crippen LogP contribution in [0.3, 0.4) is 0 Å². The van der Waals surface area contributed by atoms with E-state index in [-0.39, 0.29) is 12.5 Å². The fraction of sp³-hybridized carbons (Fsp3) is 0.819. The van der Waals surface area contributed by atoms with Gasteiger partial charge in [-0.3, -0.25) is 4.79 Å². The number of unbranched alkanes of at least 4 members (excludes halogenated alkanes) is 48. The molecule has 0 radical (unpaired) electrons. The van der Waals surface area contributed by atoms with Gasteiger partial charge in [-0.2, -0.15) is 0 Å². The van der Waals surface area contributed by atoms with Crippen molar-refractivity contribution in [3.63, 3.8) is 0 Å². The Morgan fingerprint density at radius 2 is 0.674 bits per heavy atom. The maximum Gasteiger partial charge on any atom is 0.220 e. The Kier molecular flexibility index (Phi) is 67.6. The predicted octanol–water partition coefficient (Wildman–Crippen LogP) is 22.8. The van der Waals surface area contributed by atoms with Crippen molar-refractivity contribution < 1.29 is 39.8 Å². The third-order valence-corrected chi connectivity index (χ3v) is 18.7. The van der Waals surface area contributed by atoms with Crippen molar-refractivity contribution in [2.75, 3.05) is 13.2 Å². The van der Waals surface area contributed by atoms with E-state index in [9.17, 15) is 30.3 Å². The van der Waals surface area contributed by atoms with Gasteiger partial charge in [0.2, 0.25) is 5.91 Å². The molecular weight excluding hydrogens is 1140 g/mol. The van der Waals surface area contributed by atoms with Crippen molar-refractivity contribution in [3.8, 4) is 0 Å². The molecule has 536 valence electrons. The topological polar surface area (TPSA) is 149 Å². The fourth-order valence-corrected chi connectivity index (χ4v) is 12.6. The summed E-state index contributed by atoms with van der Waals surface area (Å²) in [5.74, 6) is -0.171. The summed E-state index contributed by atoms with van der Waals surface area (Å²) in [6, 6.07) is -0.809. The van der Waals surface area contributed by atoms with Gasteiger partial charge in [0.15, 0.2) is 6.29 Å². The molecule has 0 aromatic rings. The van der Waals surface area contributed by atoms with Gasteiger partial charge in [-0.15, -0.1) is 0 Å². The van der Waals surface area contributed by atoms with Crippen LogP contribution < -0.4 is 5.32 Å². The summed E-state index contributed by atoms with van der Waals surface area (Å²) in [4.78, 5) is 13.2. The molecule has 6 N–H and O–H groups in total. The number of carbonyl (C=O) groups excluding carboxylic acids is 1. The normalized spacial score (nSPS) is 18.1. The summed E-state index contributed by atoms with van der Waals surface area (Å²) in [5, 5.41) is 54.9. The molecule has 0 bridgehead atoms. The SMILES string of the molecule is CC/C=C\C/C=C\C/C=C\C/C=C\C/C=C\C/C=C\CCCCCCCCCCCCCCCCCCCCCCC(=O)NC(COC1OC(CO)C(O)C(O)C1O)C(O)/C=C/CCCCCCCCCCCCCCCCCCCCCCCCCCCCCC. The van der Waals surface area contributed by atoms with Gasteiger partial charge >= 0.3 is 0 Å². The lowest BCUT2D eigenvalue weighted by Gasteiger charge is -2.40. The second-order valence-electron chi connectivity index (χ2n) is 27.5. The van der Waals surface area contributed by atoms with Crippen LogP contribution in [0.2, 0.25) is 0 Å². The number of amides is 1. The van der Waals surface area contributed by atoms with Crippen LogP contribution in [0, 0.1) is 0 Å². The molecule has 1 fully saturated rings. The van der Waals surface area contributed by atoms with E-state index in [4.69, 9.17) is 9.47 Å². The molecule has 92 heavy (non-hydrogen) atoms. The molecule has 0 saturated carbocycles. The highest BCUT2D eigenvalue weighted by atomic mass is 16.7. The molecule has 1 aliphatic rings. The average Bonchev–Trinajstić information content (AvgIpc) is 1.45. The zero-order chi connectivity index (χ0) is 66.4. The maximum absolute atomic E-state index is 13.2. The van der Waals surface area contributed by atoms with Crippen molar-refractivity contribution in [2.24, 2.45) is 0 Å². The van der Waals surface area contributed by atoms with E-state index < -0.39 is 49.5 Å². The number of aliphatic hydroxyl groups excluding tert-OH is 5. The highest BCUT2D eigenvalue weighted by Gasteiger charge is 2.44. The smallest absolute Gasteiger partial charge is 0.220 e. The molecule has 0 aliphatic carbocycles. The monoisotopic (exact) mass is 1290 g/mol. The molecule has 9 nitrogen and oxygen atoms in total. The highest BCUT2D eigenvalue weighted by molar-refractivity contribution is 5.76. The first-order valence-corrected chi connectivity index (χ1v) is 39.8. The van der Waals surface area contributed by atoms with E-state index in [2.05, 4.69) is 92.1 Å². The van der Waals surface area contributed by atoms with Crippen molar-refractivity contribution in [1.29, 1.82) is 0 Å². The van der Waals surface area contributed by atoms with Gasteiger partial charge < -0.3 is 40.3 Å². The summed E-state index contributed by atoms with van der Waals surface area (Å²) in [5.41, 5.74) is 0. The summed E-state index contributed by atoms with van der Waals surface area (Å²) < 4.78 is 11.3. The number of aliphatic hydroxyl groups is 5. The Bertz CT molecular complexity index is 1740. The molecule has 7 atom stereocenters. The fourth-order valence-electron chi connectivity index (χ4n) is 12.6. The van der Waals surface area contributed by atoms with Gasteiger partial charge in [0.1, 0.15) is 24.4 Å². The molecule has 0 aromatic carbocycles. The van der Waals surface area contributed by atoms with Gasteiger partial charge in [0, 0.05) is 6.42 Å². The molecule has 1 heterocycles. The number of allylic oxidation sites excluding steroid dienone is 13. The molecule has 7 unspecified atom stereocenters. The molecule has 1 aliphatic heterocycles. The summed E-state index contributed by atoms with van der Waals surface area (Å²) >= 11 is 0. The first-order valence-electron chi connectivity index (χ1n) is 39.8. The largest absolute Gasteiger partial charge is 0.394 e. The van der Waals surface area contributed by atoms with Crippen LogP contribution in [0.5, 0.6) is 0 Å². The molecule has 0 spiro atoms. The van der Waals surface area contributed by atoms with Gasteiger partial charge in [0.25, 0.3) is 0 Å². The molecule has 0 aromatic heterocycles. The Labute approximate surface area is 569 Å². The zero-order valence-corrected chi connectivity index (χ0v) is 60.3. The number of rotatable bonds is 70. The van der Waals surface area contributed by atoms with Crippen LogP contribution in [-0.2, 0) is 14.3 Å². The standard InChI is InChI=1S/C83H151NO8/c1-3-5-7-9-11-13-15-17-19-21-23-25-27-29-31-33-35-36-37-38-39-40-41-42-43-45-47-49-51-53-55-57-59-61-63-65-67-69-71-73-79(87)84-76(75-91-83-82(90)81(89)80(88)78(74-85)92-83)77(86)72-70-68-66-64-62-60-58-56-54-52-50-48-46-44-34-32-30-28-26-24-22-20-18-16-14-12-10-8-6-4-2/h5,7,11,13,17,19,23,25,29,31,35-36,70,72,76-78,80-83,85-86,88-90H,3-4,6,8-10,12,14-16,18,20-22,24,26-28,30,32-34,37-69,71,73-75H2,1-2H3,(H,84,87)/b7-5-,13-11-,19-17-,25-23-,31-29-,36-35-,72-70+. The first-order chi connectivity index (χ1) is 45.3. The third-order valence-electron chi connectivity index (χ3n) is 18.7. The van der Waals surface area contributed by atoms with Gasteiger partial charge in [-0.1, -0.05) is 388 Å². The minimum absolute atomic E-state index is 0.171. The van der Waals surface area contributed by atoms with Crippen LogP contribution in [-0.4, -0.2) is 87.5 Å². The van der Waals surface area contributed by atoms with Crippen LogP contribution in [0.25, 0.3) is 0 Å². The first kappa shape index (κ1) is 87.4. The van der Waals surface area contributed by atoms with Gasteiger partial charge in [-0.25, -0.2) is 0 Å². The minimum atomic E-state index is -1.57. The molecule has 1 saturated heterocycles. The quantitative estimate of drug-likeness (QED) is 0.0261. The number of hydrogen-bond donors (Lipinski definition) is 6. The van der Waals surface area contributed by atoms with Crippen molar-refractivity contribution in [1.82, 2.24) is 5.32 Å². The molecular formula is C83H151NO8. The predicted molar refractivity (Wildman–Crippen MR) is 396 cm³/mol. The Balaban J connectivity index is 2.07. The lowest BCUT2D eigenvalue weighted by molar-refractivity contribution is -0.302.